The second-order valence-corrected chi connectivity index (χ2v) is 7.54. The van der Waals surface area contributed by atoms with Crippen molar-refractivity contribution in [2.75, 3.05) is 0 Å². The van der Waals surface area contributed by atoms with Crippen molar-refractivity contribution < 1.29 is 4.79 Å². The smallest absolute Gasteiger partial charge is 0.240 e. The molecule has 1 unspecified atom stereocenters. The van der Waals surface area contributed by atoms with Gasteiger partial charge in [-0.25, -0.2) is 4.98 Å². The second kappa shape index (κ2) is 7.42. The number of amides is 1. The van der Waals surface area contributed by atoms with E-state index in [-0.39, 0.29) is 18.5 Å². The van der Waals surface area contributed by atoms with Crippen molar-refractivity contribution in [3.63, 3.8) is 0 Å². The maximum absolute atomic E-state index is 12.5. The summed E-state index contributed by atoms with van der Waals surface area (Å²) in [4.78, 5) is 16.8. The maximum atomic E-state index is 12.5. The molecular weight excluding hydrogens is 360 g/mol. The van der Waals surface area contributed by atoms with E-state index in [4.69, 9.17) is 11.6 Å². The summed E-state index contributed by atoms with van der Waals surface area (Å²) < 4.78 is 1.75. The molecule has 0 saturated heterocycles. The maximum Gasteiger partial charge on any atom is 0.240 e. The van der Waals surface area contributed by atoms with Crippen LogP contribution in [-0.2, 0) is 16.8 Å². The van der Waals surface area contributed by atoms with E-state index < -0.39 is 5.41 Å². The minimum Gasteiger partial charge on any atom is -0.348 e. The molecular formula is C21H21ClN4O. The molecule has 2 aromatic carbocycles. The van der Waals surface area contributed by atoms with Crippen molar-refractivity contribution >= 4 is 28.5 Å². The molecule has 1 amide bonds. The molecule has 6 heteroatoms. The highest BCUT2D eigenvalue weighted by atomic mass is 35.5. The number of aromatic nitrogens is 2. The number of hydrogen-bond acceptors (Lipinski definition) is 3. The predicted molar refractivity (Wildman–Crippen MR) is 106 cm³/mol. The van der Waals surface area contributed by atoms with E-state index in [1.54, 1.807) is 17.0 Å². The van der Waals surface area contributed by atoms with Gasteiger partial charge in [0.05, 0.1) is 39.9 Å². The first kappa shape index (κ1) is 18.9. The van der Waals surface area contributed by atoms with Crippen LogP contribution in [0.5, 0.6) is 0 Å². The summed E-state index contributed by atoms with van der Waals surface area (Å²) in [7, 11) is 0. The van der Waals surface area contributed by atoms with Crippen LogP contribution >= 0.6 is 11.6 Å². The lowest BCUT2D eigenvalue weighted by Crippen LogP contribution is -2.30. The number of imidazole rings is 1. The first-order chi connectivity index (χ1) is 12.8. The van der Waals surface area contributed by atoms with E-state index >= 15 is 0 Å². The van der Waals surface area contributed by atoms with Crippen LogP contribution in [0, 0.1) is 11.3 Å². The number of halogens is 1. The van der Waals surface area contributed by atoms with E-state index in [2.05, 4.69) is 16.4 Å². The summed E-state index contributed by atoms with van der Waals surface area (Å²) in [6, 6.07) is 15.4. The van der Waals surface area contributed by atoms with Crippen molar-refractivity contribution in [2.24, 2.45) is 0 Å². The van der Waals surface area contributed by atoms with E-state index in [0.29, 0.717) is 5.02 Å². The zero-order chi connectivity index (χ0) is 19.6. The summed E-state index contributed by atoms with van der Waals surface area (Å²) in [5.74, 6) is -0.122. The first-order valence-electron chi connectivity index (χ1n) is 8.72. The Kier molecular flexibility index (Phi) is 5.20. The third kappa shape index (κ3) is 3.96. The van der Waals surface area contributed by atoms with Crippen molar-refractivity contribution in [3.05, 3.63) is 64.9 Å². The number of nitriles is 1. The predicted octanol–water partition coefficient (Wildman–Crippen LogP) is 4.37. The van der Waals surface area contributed by atoms with Crippen LogP contribution in [0.2, 0.25) is 5.02 Å². The molecule has 0 aliphatic carbocycles. The minimum atomic E-state index is -0.535. The fourth-order valence-corrected chi connectivity index (χ4v) is 3.26. The molecule has 27 heavy (non-hydrogen) atoms. The van der Waals surface area contributed by atoms with Gasteiger partial charge in [-0.1, -0.05) is 41.9 Å². The lowest BCUT2D eigenvalue weighted by Gasteiger charge is -2.19. The van der Waals surface area contributed by atoms with Crippen LogP contribution in [0.15, 0.2) is 48.8 Å². The third-order valence-corrected chi connectivity index (χ3v) is 5.00. The van der Waals surface area contributed by atoms with Crippen molar-refractivity contribution in [1.29, 1.82) is 5.26 Å². The average molecular weight is 381 g/mol. The van der Waals surface area contributed by atoms with Gasteiger partial charge in [0, 0.05) is 0 Å². The van der Waals surface area contributed by atoms with Gasteiger partial charge in [0.25, 0.3) is 0 Å². The molecule has 0 bridgehead atoms. The van der Waals surface area contributed by atoms with Crippen LogP contribution in [0.3, 0.4) is 0 Å². The van der Waals surface area contributed by atoms with Gasteiger partial charge in [0.2, 0.25) is 5.91 Å². The van der Waals surface area contributed by atoms with Crippen molar-refractivity contribution in [2.45, 2.75) is 38.8 Å². The molecule has 3 rings (SSSR count). The summed E-state index contributed by atoms with van der Waals surface area (Å²) in [5.41, 5.74) is 2.91. The highest BCUT2D eigenvalue weighted by molar-refractivity contribution is 6.35. The Morgan fingerprint density at radius 1 is 1.30 bits per heavy atom. The molecule has 0 spiro atoms. The average Bonchev–Trinajstić information content (AvgIpc) is 3.05. The van der Waals surface area contributed by atoms with Crippen LogP contribution < -0.4 is 5.32 Å². The van der Waals surface area contributed by atoms with E-state index in [1.165, 1.54) is 0 Å². The van der Waals surface area contributed by atoms with Gasteiger partial charge in [0.1, 0.15) is 6.54 Å². The molecule has 1 aromatic heterocycles. The van der Waals surface area contributed by atoms with Crippen LogP contribution in [0.25, 0.3) is 11.0 Å². The number of para-hydroxylation sites is 1. The zero-order valence-electron chi connectivity index (χ0n) is 15.5. The molecule has 138 valence electrons. The fraction of sp³-hybridized carbons (Fsp3) is 0.286. The number of rotatable bonds is 5. The van der Waals surface area contributed by atoms with E-state index in [0.717, 1.165) is 22.2 Å². The quantitative estimate of drug-likeness (QED) is 0.714. The molecule has 0 aliphatic rings. The Balaban J connectivity index is 1.70. The molecule has 3 aromatic rings. The van der Waals surface area contributed by atoms with Gasteiger partial charge in [-0.15, -0.1) is 0 Å². The number of benzene rings is 2. The standard InChI is InChI=1S/C21H21ClN4O/c1-14(15-7-9-16(10-8-15)21(2,3)12-23)25-19(27)11-26-13-24-18-6-4-5-17(22)20(18)26/h4-10,13-14H,11H2,1-3H3,(H,25,27). The van der Waals surface area contributed by atoms with Gasteiger partial charge >= 0.3 is 0 Å². The Bertz CT molecular complexity index is 1010. The highest BCUT2D eigenvalue weighted by Crippen LogP contribution is 2.24. The molecule has 1 atom stereocenters. The number of carbonyl (C=O) groups is 1. The first-order valence-corrected chi connectivity index (χ1v) is 9.10. The fourth-order valence-electron chi connectivity index (χ4n) is 2.98. The second-order valence-electron chi connectivity index (χ2n) is 7.13. The Hall–Kier alpha value is -2.84. The molecule has 0 fully saturated rings. The van der Waals surface area contributed by atoms with Gasteiger partial charge in [-0.05, 0) is 44.0 Å². The van der Waals surface area contributed by atoms with Gasteiger partial charge in [0.15, 0.2) is 0 Å². The van der Waals surface area contributed by atoms with Crippen molar-refractivity contribution in [1.82, 2.24) is 14.9 Å². The molecule has 1 N–H and O–H groups in total. The van der Waals surface area contributed by atoms with Crippen molar-refractivity contribution in [3.8, 4) is 6.07 Å². The largest absolute Gasteiger partial charge is 0.348 e. The number of carbonyl (C=O) groups excluding carboxylic acids is 1. The van der Waals surface area contributed by atoms with Gasteiger partial charge in [-0.3, -0.25) is 4.79 Å². The van der Waals surface area contributed by atoms with Crippen LogP contribution in [0.1, 0.15) is 37.9 Å². The molecule has 0 saturated carbocycles. The lowest BCUT2D eigenvalue weighted by molar-refractivity contribution is -0.122. The Morgan fingerprint density at radius 2 is 2.00 bits per heavy atom. The third-order valence-electron chi connectivity index (χ3n) is 4.69. The zero-order valence-corrected chi connectivity index (χ0v) is 16.3. The Labute approximate surface area is 163 Å². The van der Waals surface area contributed by atoms with Gasteiger partial charge < -0.3 is 9.88 Å². The lowest BCUT2D eigenvalue weighted by atomic mass is 9.85. The summed E-state index contributed by atoms with van der Waals surface area (Å²) in [6.07, 6.45) is 1.62. The van der Waals surface area contributed by atoms with Gasteiger partial charge in [-0.2, -0.15) is 5.26 Å². The molecule has 5 nitrogen and oxygen atoms in total. The van der Waals surface area contributed by atoms with E-state index in [1.807, 2.05) is 57.2 Å². The molecule has 1 heterocycles. The summed E-state index contributed by atoms with van der Waals surface area (Å²) >= 11 is 6.24. The molecule has 0 aliphatic heterocycles. The Morgan fingerprint density at radius 3 is 2.67 bits per heavy atom. The summed E-state index contributed by atoms with van der Waals surface area (Å²) in [5, 5.41) is 12.8. The number of nitrogens with one attached hydrogen (secondary N) is 1. The van der Waals surface area contributed by atoms with Crippen LogP contribution in [-0.4, -0.2) is 15.5 Å². The number of fused-ring (bicyclic) bond motifs is 1. The highest BCUT2D eigenvalue weighted by Gasteiger charge is 2.20. The number of hydrogen-bond donors (Lipinski definition) is 1. The summed E-state index contributed by atoms with van der Waals surface area (Å²) in [6.45, 7) is 5.84. The minimum absolute atomic E-state index is 0.122. The number of nitrogens with zero attached hydrogens (tertiary/aromatic N) is 3. The monoisotopic (exact) mass is 380 g/mol. The SMILES string of the molecule is CC(NC(=O)Cn1cnc2cccc(Cl)c21)c1ccc(C(C)(C)C#N)cc1. The van der Waals surface area contributed by atoms with E-state index in [9.17, 15) is 10.1 Å². The topological polar surface area (TPSA) is 70.7 Å². The normalized spacial score (nSPS) is 12.6. The van der Waals surface area contributed by atoms with Crippen LogP contribution in [0.4, 0.5) is 0 Å². The molecule has 0 radical (unpaired) electrons.